The van der Waals surface area contributed by atoms with E-state index >= 15 is 0 Å². The van der Waals surface area contributed by atoms with Crippen LogP contribution in [0.1, 0.15) is 58.3 Å². The molecule has 1 nitrogen and oxygen atoms in total. The lowest BCUT2D eigenvalue weighted by Gasteiger charge is -2.32. The van der Waals surface area contributed by atoms with Crippen LogP contribution in [0.2, 0.25) is 0 Å². The van der Waals surface area contributed by atoms with Gasteiger partial charge in [0.25, 0.3) is 0 Å². The fourth-order valence-electron chi connectivity index (χ4n) is 3.62. The molecule has 0 saturated heterocycles. The van der Waals surface area contributed by atoms with Crippen LogP contribution < -0.4 is 5.32 Å². The summed E-state index contributed by atoms with van der Waals surface area (Å²) < 4.78 is 0. The van der Waals surface area contributed by atoms with Gasteiger partial charge in [-0.25, -0.2) is 0 Å². The number of hydrogen-bond acceptors (Lipinski definition) is 2. The highest BCUT2D eigenvalue weighted by atomic mass is 32.2. The van der Waals surface area contributed by atoms with E-state index < -0.39 is 0 Å². The summed E-state index contributed by atoms with van der Waals surface area (Å²) in [5.41, 5.74) is 0. The van der Waals surface area contributed by atoms with Gasteiger partial charge in [-0.3, -0.25) is 0 Å². The van der Waals surface area contributed by atoms with E-state index in [4.69, 9.17) is 0 Å². The number of nitrogens with one attached hydrogen (secondary N) is 1. The molecule has 0 aromatic carbocycles. The maximum absolute atomic E-state index is 3.86. The molecule has 2 saturated carbocycles. The van der Waals surface area contributed by atoms with Crippen LogP contribution in [0.4, 0.5) is 0 Å². The molecule has 2 heteroatoms. The van der Waals surface area contributed by atoms with E-state index in [1.807, 2.05) is 0 Å². The van der Waals surface area contributed by atoms with Crippen LogP contribution in [0, 0.1) is 11.8 Å². The summed E-state index contributed by atoms with van der Waals surface area (Å²) >= 11 is 2.07. The van der Waals surface area contributed by atoms with Gasteiger partial charge in [-0.2, -0.15) is 11.8 Å². The molecule has 0 radical (unpaired) electrons. The molecule has 0 spiro atoms. The van der Waals surface area contributed by atoms with Crippen LogP contribution in [0.5, 0.6) is 0 Å². The zero-order chi connectivity index (χ0) is 12.1. The zero-order valence-electron chi connectivity index (χ0n) is 11.6. The minimum absolute atomic E-state index is 0.818. The predicted octanol–water partition coefficient (Wildman–Crippen LogP) is 4.08. The fraction of sp³-hybridized carbons (Fsp3) is 1.00. The summed E-state index contributed by atoms with van der Waals surface area (Å²) in [6.45, 7) is 3.71. The predicted molar refractivity (Wildman–Crippen MR) is 78.7 cm³/mol. The summed E-state index contributed by atoms with van der Waals surface area (Å²) in [7, 11) is 0. The van der Waals surface area contributed by atoms with Crippen molar-refractivity contribution < 1.29 is 0 Å². The second kappa shape index (κ2) is 7.04. The molecule has 2 fully saturated rings. The first-order valence-corrected chi connectivity index (χ1v) is 8.83. The molecule has 0 aromatic rings. The summed E-state index contributed by atoms with van der Waals surface area (Å²) in [5.74, 6) is 1.94. The van der Waals surface area contributed by atoms with E-state index in [1.54, 1.807) is 0 Å². The molecule has 4 unspecified atom stereocenters. The molecule has 0 aromatic heterocycles. The van der Waals surface area contributed by atoms with Crippen LogP contribution >= 0.6 is 11.8 Å². The molecular formula is C15H29NS. The SMILES string of the molecule is CSC1CCCC(NCC2CCCC(C)C2)C1. The van der Waals surface area contributed by atoms with Crippen molar-refractivity contribution >= 4 is 11.8 Å². The summed E-state index contributed by atoms with van der Waals surface area (Å²) in [6, 6.07) is 0.818. The molecule has 4 atom stereocenters. The second-order valence-corrected chi connectivity index (χ2v) is 7.41. The first-order chi connectivity index (χ1) is 8.28. The van der Waals surface area contributed by atoms with Gasteiger partial charge >= 0.3 is 0 Å². The Morgan fingerprint density at radius 1 is 1.06 bits per heavy atom. The summed E-state index contributed by atoms with van der Waals surface area (Å²) in [4.78, 5) is 0. The van der Waals surface area contributed by atoms with Crippen molar-refractivity contribution in [1.82, 2.24) is 5.32 Å². The van der Waals surface area contributed by atoms with Crippen molar-refractivity contribution in [2.24, 2.45) is 11.8 Å². The minimum atomic E-state index is 0.818. The molecule has 1 N–H and O–H groups in total. The Labute approximate surface area is 112 Å². The van der Waals surface area contributed by atoms with E-state index in [2.05, 4.69) is 30.3 Å². The molecule has 0 aliphatic heterocycles. The molecule has 2 aliphatic carbocycles. The van der Waals surface area contributed by atoms with E-state index in [-0.39, 0.29) is 0 Å². The second-order valence-electron chi connectivity index (χ2n) is 6.27. The number of thioether (sulfide) groups is 1. The van der Waals surface area contributed by atoms with Crippen molar-refractivity contribution in [2.75, 3.05) is 12.8 Å². The Balaban J connectivity index is 1.66. The van der Waals surface area contributed by atoms with Crippen molar-refractivity contribution in [3.63, 3.8) is 0 Å². The van der Waals surface area contributed by atoms with Gasteiger partial charge in [-0.1, -0.05) is 26.2 Å². The molecule has 2 aliphatic rings. The fourth-order valence-corrected chi connectivity index (χ4v) is 4.45. The number of rotatable bonds is 4. The molecule has 2 rings (SSSR count). The Hall–Kier alpha value is 0.310. The van der Waals surface area contributed by atoms with E-state index in [1.165, 1.54) is 57.9 Å². The van der Waals surface area contributed by atoms with Gasteiger partial charge in [0.2, 0.25) is 0 Å². The molecule has 100 valence electrons. The number of hydrogen-bond donors (Lipinski definition) is 1. The summed E-state index contributed by atoms with van der Waals surface area (Å²) in [6.07, 6.45) is 13.8. The van der Waals surface area contributed by atoms with E-state index in [0.29, 0.717) is 0 Å². The average Bonchev–Trinajstić information content (AvgIpc) is 2.37. The third-order valence-corrected chi connectivity index (χ3v) is 5.79. The Morgan fingerprint density at radius 2 is 1.88 bits per heavy atom. The van der Waals surface area contributed by atoms with Gasteiger partial charge in [-0.05, 0) is 56.7 Å². The Morgan fingerprint density at radius 3 is 2.65 bits per heavy atom. The standard InChI is InChI=1S/C15H29NS/c1-12-5-3-6-13(9-12)11-16-14-7-4-8-15(10-14)17-2/h12-16H,3-11H2,1-2H3. The van der Waals surface area contributed by atoms with Crippen LogP contribution in [0.25, 0.3) is 0 Å². The molecule has 0 heterocycles. The van der Waals surface area contributed by atoms with Gasteiger partial charge in [0.05, 0.1) is 0 Å². The summed E-state index contributed by atoms with van der Waals surface area (Å²) in [5, 5.41) is 4.79. The van der Waals surface area contributed by atoms with Gasteiger partial charge in [0.1, 0.15) is 0 Å². The lowest BCUT2D eigenvalue weighted by molar-refractivity contribution is 0.256. The van der Waals surface area contributed by atoms with Crippen LogP contribution in [0.3, 0.4) is 0 Å². The van der Waals surface area contributed by atoms with Gasteiger partial charge in [-0.15, -0.1) is 0 Å². The van der Waals surface area contributed by atoms with E-state index in [0.717, 1.165) is 23.1 Å². The third-order valence-electron chi connectivity index (χ3n) is 4.70. The average molecular weight is 255 g/mol. The van der Waals surface area contributed by atoms with Crippen molar-refractivity contribution in [2.45, 2.75) is 69.6 Å². The highest BCUT2D eigenvalue weighted by molar-refractivity contribution is 7.99. The lowest BCUT2D eigenvalue weighted by Crippen LogP contribution is -2.38. The normalized spacial score (nSPS) is 39.2. The monoisotopic (exact) mass is 255 g/mol. The molecule has 17 heavy (non-hydrogen) atoms. The topological polar surface area (TPSA) is 12.0 Å². The largest absolute Gasteiger partial charge is 0.314 e. The lowest BCUT2D eigenvalue weighted by atomic mass is 9.82. The highest BCUT2D eigenvalue weighted by Crippen LogP contribution is 2.30. The van der Waals surface area contributed by atoms with Gasteiger partial charge < -0.3 is 5.32 Å². The third kappa shape index (κ3) is 4.48. The minimum Gasteiger partial charge on any atom is -0.314 e. The van der Waals surface area contributed by atoms with Crippen LogP contribution in [-0.2, 0) is 0 Å². The van der Waals surface area contributed by atoms with Crippen molar-refractivity contribution in [3.8, 4) is 0 Å². The van der Waals surface area contributed by atoms with Crippen molar-refractivity contribution in [1.29, 1.82) is 0 Å². The highest BCUT2D eigenvalue weighted by Gasteiger charge is 2.23. The maximum Gasteiger partial charge on any atom is 0.00777 e. The van der Waals surface area contributed by atoms with Gasteiger partial charge in [0.15, 0.2) is 0 Å². The Kier molecular flexibility index (Phi) is 5.68. The molecule has 0 bridgehead atoms. The first kappa shape index (κ1) is 13.7. The first-order valence-electron chi connectivity index (χ1n) is 7.54. The molecular weight excluding hydrogens is 226 g/mol. The Bertz CT molecular complexity index is 219. The smallest absolute Gasteiger partial charge is 0.00777 e. The van der Waals surface area contributed by atoms with Crippen LogP contribution in [0.15, 0.2) is 0 Å². The van der Waals surface area contributed by atoms with Crippen LogP contribution in [-0.4, -0.2) is 24.1 Å². The van der Waals surface area contributed by atoms with Crippen molar-refractivity contribution in [3.05, 3.63) is 0 Å². The molecule has 0 amide bonds. The zero-order valence-corrected chi connectivity index (χ0v) is 12.4. The maximum atomic E-state index is 3.86. The van der Waals surface area contributed by atoms with E-state index in [9.17, 15) is 0 Å². The van der Waals surface area contributed by atoms with Gasteiger partial charge in [0, 0.05) is 11.3 Å². The quantitative estimate of drug-likeness (QED) is 0.812.